The van der Waals surface area contributed by atoms with Crippen LogP contribution < -0.4 is 5.73 Å². The Morgan fingerprint density at radius 3 is 2.72 bits per heavy atom. The summed E-state index contributed by atoms with van der Waals surface area (Å²) in [6, 6.07) is 4.70. The van der Waals surface area contributed by atoms with E-state index in [0.717, 1.165) is 11.8 Å². The Labute approximate surface area is 105 Å². The molecule has 18 heavy (non-hydrogen) atoms. The van der Waals surface area contributed by atoms with Gasteiger partial charge in [0.15, 0.2) is 9.84 Å². The smallest absolute Gasteiger partial charge is 0.175 e. The summed E-state index contributed by atoms with van der Waals surface area (Å²) >= 11 is 0. The first kappa shape index (κ1) is 13.0. The van der Waals surface area contributed by atoms with Crippen molar-refractivity contribution in [3.8, 4) is 0 Å². The van der Waals surface area contributed by atoms with Crippen molar-refractivity contribution >= 4 is 20.9 Å². The summed E-state index contributed by atoms with van der Waals surface area (Å²) in [6.45, 7) is 0.0656. The van der Waals surface area contributed by atoms with E-state index in [2.05, 4.69) is 4.98 Å². The van der Waals surface area contributed by atoms with Crippen molar-refractivity contribution in [2.24, 2.45) is 12.8 Å². The van der Waals surface area contributed by atoms with E-state index in [0.29, 0.717) is 11.3 Å². The second-order valence-electron chi connectivity index (χ2n) is 4.20. The Kier molecular flexibility index (Phi) is 3.14. The maximum absolute atomic E-state index is 11.5. The fourth-order valence-corrected chi connectivity index (χ4v) is 2.47. The molecule has 1 unspecified atom stereocenters. The summed E-state index contributed by atoms with van der Waals surface area (Å²) in [5.74, 6) is 0.429. The molecule has 6 nitrogen and oxygen atoms in total. The largest absolute Gasteiger partial charge is 0.384 e. The highest BCUT2D eigenvalue weighted by Crippen LogP contribution is 2.22. The van der Waals surface area contributed by atoms with Crippen LogP contribution in [0.25, 0.3) is 11.0 Å². The van der Waals surface area contributed by atoms with E-state index >= 15 is 0 Å². The molecule has 1 atom stereocenters. The average molecular weight is 269 g/mol. The molecule has 0 aliphatic heterocycles. The highest BCUT2D eigenvalue weighted by atomic mass is 32.2. The second kappa shape index (κ2) is 4.34. The van der Waals surface area contributed by atoms with Gasteiger partial charge in [-0.2, -0.15) is 0 Å². The number of imidazole rings is 1. The van der Waals surface area contributed by atoms with Gasteiger partial charge in [0.25, 0.3) is 0 Å². The molecular formula is C11H15N3O3S. The molecular weight excluding hydrogens is 254 g/mol. The molecule has 0 saturated carbocycles. The van der Waals surface area contributed by atoms with E-state index in [9.17, 15) is 13.5 Å². The number of aryl methyl sites for hydroxylation is 1. The lowest BCUT2D eigenvalue weighted by atomic mass is 10.3. The van der Waals surface area contributed by atoms with Crippen LogP contribution in [0.2, 0.25) is 0 Å². The number of nitrogens with zero attached hydrogens (tertiary/aromatic N) is 2. The van der Waals surface area contributed by atoms with E-state index in [1.165, 1.54) is 12.1 Å². The Morgan fingerprint density at radius 2 is 2.17 bits per heavy atom. The van der Waals surface area contributed by atoms with E-state index in [1.807, 2.05) is 0 Å². The molecule has 0 amide bonds. The lowest BCUT2D eigenvalue weighted by Gasteiger charge is -2.07. The lowest BCUT2D eigenvalue weighted by molar-refractivity contribution is 0.174. The molecule has 0 aliphatic carbocycles. The predicted molar refractivity (Wildman–Crippen MR) is 67.8 cm³/mol. The Hall–Kier alpha value is -1.44. The van der Waals surface area contributed by atoms with Gasteiger partial charge in [-0.3, -0.25) is 0 Å². The molecule has 0 radical (unpaired) electrons. The number of rotatable bonds is 3. The van der Waals surface area contributed by atoms with Gasteiger partial charge >= 0.3 is 0 Å². The third-order valence-electron chi connectivity index (χ3n) is 2.84. The number of hydrogen-bond acceptors (Lipinski definition) is 5. The summed E-state index contributed by atoms with van der Waals surface area (Å²) in [7, 11) is -1.51. The molecule has 0 bridgehead atoms. The van der Waals surface area contributed by atoms with Crippen LogP contribution in [-0.2, 0) is 16.9 Å². The van der Waals surface area contributed by atoms with Gasteiger partial charge in [-0.1, -0.05) is 0 Å². The van der Waals surface area contributed by atoms with Crippen LogP contribution in [0, 0.1) is 0 Å². The molecule has 1 aromatic carbocycles. The summed E-state index contributed by atoms with van der Waals surface area (Å²) in [4.78, 5) is 4.44. The average Bonchev–Trinajstić information content (AvgIpc) is 2.64. The minimum absolute atomic E-state index is 0.0656. The fraction of sp³-hybridized carbons (Fsp3) is 0.364. The molecule has 7 heteroatoms. The lowest BCUT2D eigenvalue weighted by Crippen LogP contribution is -2.15. The highest BCUT2D eigenvalue weighted by molar-refractivity contribution is 7.90. The quantitative estimate of drug-likeness (QED) is 0.815. The van der Waals surface area contributed by atoms with Crippen LogP contribution in [0.5, 0.6) is 0 Å². The number of aromatic nitrogens is 2. The van der Waals surface area contributed by atoms with Gasteiger partial charge in [0.05, 0.1) is 15.9 Å². The van der Waals surface area contributed by atoms with Crippen molar-refractivity contribution in [3.63, 3.8) is 0 Å². The summed E-state index contributed by atoms with van der Waals surface area (Å²) in [6.07, 6.45) is 0.288. The van der Waals surface area contributed by atoms with E-state index < -0.39 is 15.9 Å². The number of sulfone groups is 1. The van der Waals surface area contributed by atoms with Gasteiger partial charge in [-0.25, -0.2) is 13.4 Å². The number of aliphatic hydroxyl groups is 1. The first-order valence-electron chi connectivity index (χ1n) is 5.39. The monoisotopic (exact) mass is 269 g/mol. The summed E-state index contributed by atoms with van der Waals surface area (Å²) < 4.78 is 24.6. The third kappa shape index (κ3) is 2.12. The number of benzene rings is 1. The van der Waals surface area contributed by atoms with Crippen molar-refractivity contribution in [3.05, 3.63) is 24.0 Å². The van der Waals surface area contributed by atoms with Crippen molar-refractivity contribution in [1.29, 1.82) is 0 Å². The van der Waals surface area contributed by atoms with E-state index in [-0.39, 0.29) is 11.4 Å². The van der Waals surface area contributed by atoms with Crippen LogP contribution in [-0.4, -0.2) is 35.9 Å². The maximum atomic E-state index is 11.5. The van der Waals surface area contributed by atoms with Gasteiger partial charge in [-0.15, -0.1) is 0 Å². The molecule has 0 spiro atoms. The van der Waals surface area contributed by atoms with Crippen LogP contribution >= 0.6 is 0 Å². The predicted octanol–water partition coefficient (Wildman–Crippen LogP) is -0.0311. The maximum Gasteiger partial charge on any atom is 0.175 e. The molecule has 0 aliphatic rings. The number of fused-ring (bicyclic) bond motifs is 1. The number of hydrogen-bond donors (Lipinski definition) is 2. The molecule has 0 saturated heterocycles. The SMILES string of the molecule is Cn1c(C(O)CN)nc2cc(S(C)(=O)=O)ccc21. The standard InChI is InChI=1S/C11H15N3O3S/c1-14-9-4-3-7(18(2,16)17)5-8(9)13-11(14)10(15)6-12/h3-5,10,15H,6,12H2,1-2H3. The first-order chi connectivity index (χ1) is 8.34. The zero-order valence-electron chi connectivity index (χ0n) is 10.2. The zero-order chi connectivity index (χ0) is 13.5. The van der Waals surface area contributed by atoms with Crippen LogP contribution in [0.15, 0.2) is 23.1 Å². The molecule has 0 fully saturated rings. The molecule has 2 rings (SSSR count). The Balaban J connectivity index is 2.66. The molecule has 98 valence electrons. The number of aliphatic hydroxyl groups excluding tert-OH is 1. The Morgan fingerprint density at radius 1 is 1.50 bits per heavy atom. The minimum atomic E-state index is -3.26. The summed E-state index contributed by atoms with van der Waals surface area (Å²) in [5, 5.41) is 9.71. The first-order valence-corrected chi connectivity index (χ1v) is 7.28. The fourth-order valence-electron chi connectivity index (χ4n) is 1.83. The van der Waals surface area contributed by atoms with Crippen molar-refractivity contribution in [2.75, 3.05) is 12.8 Å². The van der Waals surface area contributed by atoms with Gasteiger partial charge in [0, 0.05) is 19.8 Å². The van der Waals surface area contributed by atoms with Crippen molar-refractivity contribution in [1.82, 2.24) is 9.55 Å². The van der Waals surface area contributed by atoms with Crippen LogP contribution in [0.4, 0.5) is 0 Å². The normalized spacial score (nSPS) is 14.0. The van der Waals surface area contributed by atoms with Gasteiger partial charge in [0.1, 0.15) is 11.9 Å². The Bertz CT molecular complexity index is 691. The third-order valence-corrected chi connectivity index (χ3v) is 3.95. The van der Waals surface area contributed by atoms with Gasteiger partial charge < -0.3 is 15.4 Å². The van der Waals surface area contributed by atoms with Crippen LogP contribution in [0.1, 0.15) is 11.9 Å². The van der Waals surface area contributed by atoms with Crippen LogP contribution in [0.3, 0.4) is 0 Å². The topological polar surface area (TPSA) is 98.2 Å². The van der Waals surface area contributed by atoms with Crippen molar-refractivity contribution in [2.45, 2.75) is 11.0 Å². The van der Waals surface area contributed by atoms with Gasteiger partial charge in [0.2, 0.25) is 0 Å². The minimum Gasteiger partial charge on any atom is -0.384 e. The molecule has 1 aromatic heterocycles. The van der Waals surface area contributed by atoms with E-state index in [4.69, 9.17) is 5.73 Å². The molecule has 1 heterocycles. The second-order valence-corrected chi connectivity index (χ2v) is 6.22. The summed E-state index contributed by atoms with van der Waals surface area (Å²) in [5.41, 5.74) is 6.68. The highest BCUT2D eigenvalue weighted by Gasteiger charge is 2.16. The molecule has 2 aromatic rings. The molecule has 3 N–H and O–H groups in total. The number of nitrogens with two attached hydrogens (primary N) is 1. The zero-order valence-corrected chi connectivity index (χ0v) is 11.0. The van der Waals surface area contributed by atoms with E-state index in [1.54, 1.807) is 17.7 Å². The van der Waals surface area contributed by atoms with Gasteiger partial charge in [-0.05, 0) is 18.2 Å². The van der Waals surface area contributed by atoms with Crippen molar-refractivity contribution < 1.29 is 13.5 Å².